The zero-order chi connectivity index (χ0) is 33.4. The molecule has 0 aromatic rings. The Morgan fingerprint density at radius 2 is 1.16 bits per heavy atom. The zero-order valence-electron chi connectivity index (χ0n) is 24.8. The summed E-state index contributed by atoms with van der Waals surface area (Å²) in [5, 5.41) is 12.4. The molecule has 0 bridgehead atoms. The van der Waals surface area contributed by atoms with E-state index in [-0.39, 0.29) is 70.7 Å². The molecule has 244 valence electrons. The molecule has 0 fully saturated rings. The number of nitrogens with zero attached hydrogens (tertiary/aromatic N) is 2. The molecule has 0 saturated carbocycles. The first kappa shape index (κ1) is 36.0. The molecule has 0 aromatic carbocycles. The van der Waals surface area contributed by atoms with Crippen molar-refractivity contribution in [1.29, 1.82) is 0 Å². The molecule has 2 aliphatic rings. The van der Waals surface area contributed by atoms with Gasteiger partial charge in [0.05, 0.1) is 6.61 Å². The quantitative estimate of drug-likeness (QED) is 0.0687. The maximum atomic E-state index is 12.6. The van der Waals surface area contributed by atoms with Crippen LogP contribution in [0.1, 0.15) is 39.0 Å². The third kappa shape index (κ3) is 13.3. The summed E-state index contributed by atoms with van der Waals surface area (Å²) in [6.07, 6.45) is 3.42. The highest BCUT2D eigenvalue weighted by molar-refractivity contribution is 6.13. The van der Waals surface area contributed by atoms with Crippen LogP contribution in [0.25, 0.3) is 0 Å². The Morgan fingerprint density at radius 3 is 1.69 bits per heavy atom. The van der Waals surface area contributed by atoms with Gasteiger partial charge in [-0.1, -0.05) is 6.58 Å². The van der Waals surface area contributed by atoms with Crippen LogP contribution in [-0.4, -0.2) is 108 Å². The molecular formula is C28H37N7O10. The van der Waals surface area contributed by atoms with Crippen molar-refractivity contribution in [1.82, 2.24) is 36.4 Å². The standard InChI is InChI=1S/C28H37N7O10/c1-3-45-15-10-22(38)33-19(16-23(39)30-12-11-29-20(36)8-13-34-25(41)4-5-26(34)42)17-24(40)32-18(2)31-21(37)9-14-35-27(43)6-7-28(35)44/h4-7,19H,2-3,8-17H2,1H3,(H,29,36)(H,30,39)(H,31,37)(H,32,40)(H,33,38). The highest BCUT2D eigenvalue weighted by atomic mass is 16.5. The van der Waals surface area contributed by atoms with Gasteiger partial charge in [0, 0.05) is 95.2 Å². The topological polar surface area (TPSA) is 229 Å². The molecule has 2 aliphatic heterocycles. The van der Waals surface area contributed by atoms with E-state index in [1.807, 2.05) is 0 Å². The van der Waals surface area contributed by atoms with Gasteiger partial charge in [0.15, 0.2) is 0 Å². The number of carbonyl (C=O) groups excluding carboxylic acids is 9. The summed E-state index contributed by atoms with van der Waals surface area (Å²) in [6, 6.07) is -0.943. The highest BCUT2D eigenvalue weighted by Gasteiger charge is 2.25. The average Bonchev–Trinajstić information content (AvgIpc) is 3.46. The van der Waals surface area contributed by atoms with E-state index >= 15 is 0 Å². The normalized spacial score (nSPS) is 14.4. The molecule has 45 heavy (non-hydrogen) atoms. The van der Waals surface area contributed by atoms with E-state index < -0.39 is 59.2 Å². The maximum absolute atomic E-state index is 12.6. The van der Waals surface area contributed by atoms with Crippen molar-refractivity contribution in [2.24, 2.45) is 0 Å². The fourth-order valence-electron chi connectivity index (χ4n) is 4.01. The van der Waals surface area contributed by atoms with Crippen molar-refractivity contribution in [2.75, 3.05) is 39.4 Å². The number of hydrogen-bond donors (Lipinski definition) is 5. The molecule has 0 radical (unpaired) electrons. The molecular weight excluding hydrogens is 594 g/mol. The largest absolute Gasteiger partial charge is 0.381 e. The van der Waals surface area contributed by atoms with Crippen molar-refractivity contribution < 1.29 is 47.9 Å². The van der Waals surface area contributed by atoms with E-state index in [1.54, 1.807) is 6.92 Å². The Kier molecular flexibility index (Phi) is 14.8. The van der Waals surface area contributed by atoms with Crippen molar-refractivity contribution in [3.8, 4) is 0 Å². The lowest BCUT2D eigenvalue weighted by Gasteiger charge is -2.19. The van der Waals surface area contributed by atoms with Gasteiger partial charge in [-0.05, 0) is 6.92 Å². The van der Waals surface area contributed by atoms with E-state index in [2.05, 4.69) is 33.2 Å². The van der Waals surface area contributed by atoms with Crippen LogP contribution in [0.2, 0.25) is 0 Å². The summed E-state index contributed by atoms with van der Waals surface area (Å²) in [7, 11) is 0. The van der Waals surface area contributed by atoms with E-state index in [9.17, 15) is 43.2 Å². The van der Waals surface area contributed by atoms with Crippen LogP contribution >= 0.6 is 0 Å². The van der Waals surface area contributed by atoms with Crippen LogP contribution in [0, 0.1) is 0 Å². The molecule has 1 unspecified atom stereocenters. The number of rotatable bonds is 20. The number of imide groups is 2. The summed E-state index contributed by atoms with van der Waals surface area (Å²) in [4.78, 5) is 110. The molecule has 0 aliphatic carbocycles. The van der Waals surface area contributed by atoms with Gasteiger partial charge >= 0.3 is 0 Å². The Morgan fingerprint density at radius 1 is 0.689 bits per heavy atom. The molecule has 17 nitrogen and oxygen atoms in total. The van der Waals surface area contributed by atoms with Crippen LogP contribution in [0.3, 0.4) is 0 Å². The smallest absolute Gasteiger partial charge is 0.253 e. The number of hydrogen-bond acceptors (Lipinski definition) is 10. The van der Waals surface area contributed by atoms with Crippen molar-refractivity contribution >= 4 is 53.2 Å². The van der Waals surface area contributed by atoms with Crippen LogP contribution in [0.5, 0.6) is 0 Å². The summed E-state index contributed by atoms with van der Waals surface area (Å²) in [5.41, 5.74) is 0. The van der Waals surface area contributed by atoms with Gasteiger partial charge in [-0.15, -0.1) is 0 Å². The molecule has 9 amide bonds. The highest BCUT2D eigenvalue weighted by Crippen LogP contribution is 2.06. The van der Waals surface area contributed by atoms with Crippen LogP contribution < -0.4 is 26.6 Å². The first-order chi connectivity index (χ1) is 21.4. The molecule has 5 N–H and O–H groups in total. The Bertz CT molecular complexity index is 1240. The number of nitrogens with one attached hydrogen (secondary N) is 5. The molecule has 0 spiro atoms. The first-order valence-electron chi connectivity index (χ1n) is 14.2. The summed E-state index contributed by atoms with van der Waals surface area (Å²) in [6.45, 7) is 5.68. The Balaban J connectivity index is 1.77. The monoisotopic (exact) mass is 631 g/mol. The fraction of sp³-hybridized carbons (Fsp3) is 0.464. The summed E-state index contributed by atoms with van der Waals surface area (Å²) in [5.74, 6) is -4.95. The second kappa shape index (κ2) is 18.5. The summed E-state index contributed by atoms with van der Waals surface area (Å²) < 4.78 is 5.15. The van der Waals surface area contributed by atoms with Gasteiger partial charge in [-0.2, -0.15) is 0 Å². The minimum Gasteiger partial charge on any atom is -0.381 e. The SMILES string of the molecule is C=C(NC(=O)CCN1C(=O)C=CC1=O)NC(=O)CC(CC(=O)NCCNC(=O)CCN1C(=O)C=CC1=O)NC(=O)CCOCC. The Hall–Kier alpha value is -5.19. The molecule has 1 atom stereocenters. The number of ether oxygens (including phenoxy) is 1. The van der Waals surface area contributed by atoms with Gasteiger partial charge < -0.3 is 31.3 Å². The lowest BCUT2D eigenvalue weighted by molar-refractivity contribution is -0.139. The van der Waals surface area contributed by atoms with Gasteiger partial charge in [-0.25, -0.2) is 0 Å². The molecule has 0 saturated heterocycles. The third-order valence-corrected chi connectivity index (χ3v) is 6.18. The summed E-state index contributed by atoms with van der Waals surface area (Å²) >= 11 is 0. The van der Waals surface area contributed by atoms with E-state index in [4.69, 9.17) is 4.74 Å². The van der Waals surface area contributed by atoms with Crippen LogP contribution in [0.15, 0.2) is 36.7 Å². The predicted molar refractivity (Wildman–Crippen MR) is 155 cm³/mol. The molecule has 0 aromatic heterocycles. The van der Waals surface area contributed by atoms with Gasteiger partial charge in [0.2, 0.25) is 29.5 Å². The van der Waals surface area contributed by atoms with E-state index in [0.29, 0.717) is 6.61 Å². The number of carbonyl (C=O) groups is 9. The van der Waals surface area contributed by atoms with Crippen LogP contribution in [-0.2, 0) is 47.9 Å². The van der Waals surface area contributed by atoms with Gasteiger partial charge in [-0.3, -0.25) is 53.0 Å². The van der Waals surface area contributed by atoms with Gasteiger partial charge in [0.1, 0.15) is 5.82 Å². The fourth-order valence-corrected chi connectivity index (χ4v) is 4.01. The minimum absolute atomic E-state index is 0.00932. The molecule has 17 heteroatoms. The first-order valence-corrected chi connectivity index (χ1v) is 14.2. The second-order valence-corrected chi connectivity index (χ2v) is 9.72. The van der Waals surface area contributed by atoms with E-state index in [1.165, 1.54) is 0 Å². The van der Waals surface area contributed by atoms with Crippen molar-refractivity contribution in [3.63, 3.8) is 0 Å². The molecule has 2 heterocycles. The van der Waals surface area contributed by atoms with E-state index in [0.717, 1.165) is 34.1 Å². The lowest BCUT2D eigenvalue weighted by atomic mass is 10.1. The zero-order valence-corrected chi connectivity index (χ0v) is 24.8. The lowest BCUT2D eigenvalue weighted by Crippen LogP contribution is -2.44. The average molecular weight is 632 g/mol. The Labute approximate surface area is 258 Å². The minimum atomic E-state index is -0.943. The van der Waals surface area contributed by atoms with Crippen molar-refractivity contribution in [2.45, 2.75) is 45.1 Å². The molecule has 2 rings (SSSR count). The predicted octanol–water partition coefficient (Wildman–Crippen LogP) is -2.76. The third-order valence-electron chi connectivity index (χ3n) is 6.18. The maximum Gasteiger partial charge on any atom is 0.253 e. The number of amides is 9. The van der Waals surface area contributed by atoms with Gasteiger partial charge in [0.25, 0.3) is 23.6 Å². The van der Waals surface area contributed by atoms with Crippen LogP contribution in [0.4, 0.5) is 0 Å². The second-order valence-electron chi connectivity index (χ2n) is 9.72. The van der Waals surface area contributed by atoms with Crippen molar-refractivity contribution in [3.05, 3.63) is 36.7 Å².